The van der Waals surface area contributed by atoms with Crippen molar-refractivity contribution >= 4 is 5.84 Å². The summed E-state index contributed by atoms with van der Waals surface area (Å²) >= 11 is 0. The van der Waals surface area contributed by atoms with E-state index in [4.69, 9.17) is 10.5 Å². The molecule has 0 atom stereocenters. The Morgan fingerprint density at radius 3 is 2.45 bits per heavy atom. The Kier molecular flexibility index (Phi) is 5.83. The molecule has 0 amide bonds. The first kappa shape index (κ1) is 16.8. The number of hydrogen-bond donors (Lipinski definition) is 2. The molecule has 3 N–H and O–H groups in total. The number of amidine groups is 1. The standard InChI is InChI=1S/C18H29N3O/c1-18(2,3)10-13-22-16-6-4-14(5-7-16)17(19)21-15-8-11-20-12-9-15/h4-7,15,20H,8-13H2,1-3H3,(H2,19,21). The molecule has 1 aliphatic rings. The molecule has 4 nitrogen and oxygen atoms in total. The fraction of sp³-hybridized carbons (Fsp3) is 0.611. The summed E-state index contributed by atoms with van der Waals surface area (Å²) in [7, 11) is 0. The van der Waals surface area contributed by atoms with Gasteiger partial charge in [0.15, 0.2) is 0 Å². The molecule has 4 heteroatoms. The Labute approximate surface area is 134 Å². The third-order valence-corrected chi connectivity index (χ3v) is 3.90. The van der Waals surface area contributed by atoms with E-state index in [1.165, 1.54) is 0 Å². The quantitative estimate of drug-likeness (QED) is 0.649. The average molecular weight is 303 g/mol. The van der Waals surface area contributed by atoms with Gasteiger partial charge in [-0.3, -0.25) is 4.99 Å². The fourth-order valence-electron chi connectivity index (χ4n) is 2.40. The molecular weight excluding hydrogens is 274 g/mol. The minimum Gasteiger partial charge on any atom is -0.494 e. The van der Waals surface area contributed by atoms with Gasteiger partial charge in [0.05, 0.1) is 12.6 Å². The Morgan fingerprint density at radius 1 is 1.23 bits per heavy atom. The zero-order valence-electron chi connectivity index (χ0n) is 14.1. The number of nitrogens with two attached hydrogens (primary N) is 1. The molecule has 0 radical (unpaired) electrons. The molecule has 0 unspecified atom stereocenters. The van der Waals surface area contributed by atoms with Gasteiger partial charge in [-0.2, -0.15) is 0 Å². The van der Waals surface area contributed by atoms with Crippen molar-refractivity contribution in [3.05, 3.63) is 29.8 Å². The summed E-state index contributed by atoms with van der Waals surface area (Å²) in [4.78, 5) is 4.64. The molecule has 0 spiro atoms. The maximum atomic E-state index is 6.12. The summed E-state index contributed by atoms with van der Waals surface area (Å²) in [5, 5.41) is 3.34. The van der Waals surface area contributed by atoms with Crippen molar-refractivity contribution in [3.8, 4) is 5.75 Å². The van der Waals surface area contributed by atoms with E-state index in [1.54, 1.807) is 0 Å². The number of piperidine rings is 1. The van der Waals surface area contributed by atoms with Crippen LogP contribution in [-0.2, 0) is 0 Å². The van der Waals surface area contributed by atoms with Crippen LogP contribution in [0.1, 0.15) is 45.6 Å². The van der Waals surface area contributed by atoms with Crippen LogP contribution in [0.15, 0.2) is 29.3 Å². The van der Waals surface area contributed by atoms with Gasteiger partial charge >= 0.3 is 0 Å². The number of nitrogens with one attached hydrogen (secondary N) is 1. The van der Waals surface area contributed by atoms with E-state index < -0.39 is 0 Å². The van der Waals surface area contributed by atoms with Gasteiger partial charge < -0.3 is 15.8 Å². The second-order valence-electron chi connectivity index (χ2n) is 7.18. The monoisotopic (exact) mass is 303 g/mol. The number of rotatable bonds is 5. The molecule has 1 aromatic rings. The zero-order valence-corrected chi connectivity index (χ0v) is 14.1. The van der Waals surface area contributed by atoms with Crippen molar-refractivity contribution in [1.29, 1.82) is 0 Å². The highest BCUT2D eigenvalue weighted by Crippen LogP contribution is 2.20. The summed E-state index contributed by atoms with van der Waals surface area (Å²) in [6, 6.07) is 8.29. The second kappa shape index (κ2) is 7.63. The highest BCUT2D eigenvalue weighted by molar-refractivity contribution is 5.97. The van der Waals surface area contributed by atoms with Gasteiger partial charge in [-0.05, 0) is 62.0 Å². The maximum Gasteiger partial charge on any atom is 0.125 e. The van der Waals surface area contributed by atoms with Crippen molar-refractivity contribution in [2.24, 2.45) is 16.1 Å². The molecule has 0 saturated carbocycles. The van der Waals surface area contributed by atoms with Crippen LogP contribution in [0.4, 0.5) is 0 Å². The minimum absolute atomic E-state index is 0.298. The predicted octanol–water partition coefficient (Wildman–Crippen LogP) is 2.96. The molecule has 1 aliphatic heterocycles. The van der Waals surface area contributed by atoms with Crippen LogP contribution in [0, 0.1) is 5.41 Å². The first-order valence-corrected chi connectivity index (χ1v) is 8.21. The summed E-state index contributed by atoms with van der Waals surface area (Å²) in [5.74, 6) is 1.52. The lowest BCUT2D eigenvalue weighted by molar-refractivity contribution is 0.243. The van der Waals surface area contributed by atoms with Crippen LogP contribution in [0.3, 0.4) is 0 Å². The summed E-state index contributed by atoms with van der Waals surface area (Å²) in [6.45, 7) is 9.46. The van der Waals surface area contributed by atoms with E-state index in [9.17, 15) is 0 Å². The van der Waals surface area contributed by atoms with E-state index in [-0.39, 0.29) is 0 Å². The van der Waals surface area contributed by atoms with Crippen molar-refractivity contribution < 1.29 is 4.74 Å². The van der Waals surface area contributed by atoms with Crippen molar-refractivity contribution in [3.63, 3.8) is 0 Å². The Bertz CT molecular complexity index is 482. The van der Waals surface area contributed by atoms with E-state index in [0.29, 0.717) is 17.3 Å². The fourth-order valence-corrected chi connectivity index (χ4v) is 2.40. The van der Waals surface area contributed by atoms with Crippen LogP contribution in [0.25, 0.3) is 0 Å². The summed E-state index contributed by atoms with van der Waals surface area (Å²) in [5.41, 5.74) is 7.39. The van der Waals surface area contributed by atoms with Crippen LogP contribution < -0.4 is 15.8 Å². The smallest absolute Gasteiger partial charge is 0.125 e. The van der Waals surface area contributed by atoms with E-state index in [1.807, 2.05) is 24.3 Å². The number of hydrogen-bond acceptors (Lipinski definition) is 3. The molecule has 2 rings (SSSR count). The van der Waals surface area contributed by atoms with Gasteiger partial charge in [-0.25, -0.2) is 0 Å². The number of nitrogens with zero attached hydrogens (tertiary/aromatic N) is 1. The first-order valence-electron chi connectivity index (χ1n) is 8.21. The number of aliphatic imine (C=N–C) groups is 1. The summed E-state index contributed by atoms with van der Waals surface area (Å²) in [6.07, 6.45) is 3.16. The SMILES string of the molecule is CC(C)(C)CCOc1ccc(C(N)=NC2CCNCC2)cc1. The van der Waals surface area contributed by atoms with Crippen LogP contribution in [-0.4, -0.2) is 31.6 Å². The van der Waals surface area contributed by atoms with E-state index in [2.05, 4.69) is 31.1 Å². The largest absolute Gasteiger partial charge is 0.494 e. The van der Waals surface area contributed by atoms with Crippen LogP contribution >= 0.6 is 0 Å². The molecule has 0 aromatic heterocycles. The van der Waals surface area contributed by atoms with Gasteiger partial charge in [0.25, 0.3) is 0 Å². The number of benzene rings is 1. The van der Waals surface area contributed by atoms with Crippen LogP contribution in [0.2, 0.25) is 0 Å². The Balaban J connectivity index is 1.89. The van der Waals surface area contributed by atoms with Crippen molar-refractivity contribution in [2.75, 3.05) is 19.7 Å². The van der Waals surface area contributed by atoms with Crippen LogP contribution in [0.5, 0.6) is 5.75 Å². The average Bonchev–Trinajstić information content (AvgIpc) is 2.47. The molecule has 1 saturated heterocycles. The number of ether oxygens (including phenoxy) is 1. The van der Waals surface area contributed by atoms with Gasteiger partial charge in [-0.1, -0.05) is 20.8 Å². The van der Waals surface area contributed by atoms with Gasteiger partial charge in [-0.15, -0.1) is 0 Å². The van der Waals surface area contributed by atoms with E-state index in [0.717, 1.165) is 50.3 Å². The molecule has 122 valence electrons. The highest BCUT2D eigenvalue weighted by Gasteiger charge is 2.13. The van der Waals surface area contributed by atoms with Crippen molar-refractivity contribution in [1.82, 2.24) is 5.32 Å². The first-order chi connectivity index (χ1) is 10.4. The molecule has 0 bridgehead atoms. The lowest BCUT2D eigenvalue weighted by Crippen LogP contribution is -2.31. The highest BCUT2D eigenvalue weighted by atomic mass is 16.5. The van der Waals surface area contributed by atoms with Gasteiger partial charge in [0.1, 0.15) is 11.6 Å². The normalized spacial score (nSPS) is 17.5. The van der Waals surface area contributed by atoms with Gasteiger partial charge in [0.2, 0.25) is 0 Å². The lowest BCUT2D eigenvalue weighted by atomic mass is 9.93. The third kappa shape index (κ3) is 5.68. The minimum atomic E-state index is 0.298. The van der Waals surface area contributed by atoms with Crippen molar-refractivity contribution in [2.45, 2.75) is 46.1 Å². The molecule has 1 fully saturated rings. The molecular formula is C18H29N3O. The second-order valence-corrected chi connectivity index (χ2v) is 7.18. The topological polar surface area (TPSA) is 59.6 Å². The molecule has 22 heavy (non-hydrogen) atoms. The zero-order chi connectivity index (χ0) is 16.0. The van der Waals surface area contributed by atoms with Gasteiger partial charge in [0, 0.05) is 5.56 Å². The lowest BCUT2D eigenvalue weighted by Gasteiger charge is -2.19. The molecule has 0 aliphatic carbocycles. The Morgan fingerprint density at radius 2 is 1.86 bits per heavy atom. The predicted molar refractivity (Wildman–Crippen MR) is 92.6 cm³/mol. The maximum absolute atomic E-state index is 6.12. The van der Waals surface area contributed by atoms with E-state index >= 15 is 0 Å². The summed E-state index contributed by atoms with van der Waals surface area (Å²) < 4.78 is 5.78. The Hall–Kier alpha value is -1.55. The molecule has 1 aromatic carbocycles. The molecule has 1 heterocycles. The third-order valence-electron chi connectivity index (χ3n) is 3.90.